The molecule has 1 N–H and O–H groups in total. The lowest BCUT2D eigenvalue weighted by Crippen LogP contribution is -2.52. The fourth-order valence-corrected chi connectivity index (χ4v) is 3.01. The summed E-state index contributed by atoms with van der Waals surface area (Å²) >= 11 is 0. The van der Waals surface area contributed by atoms with E-state index in [1.54, 1.807) is 25.4 Å². The van der Waals surface area contributed by atoms with Crippen LogP contribution in [0, 0.1) is 5.82 Å². The molecule has 7 heteroatoms. The van der Waals surface area contributed by atoms with E-state index in [2.05, 4.69) is 25.3 Å². The highest BCUT2D eigenvalue weighted by atomic mass is 19.1. The van der Waals surface area contributed by atoms with Gasteiger partial charge in [0, 0.05) is 52.4 Å². The molecule has 6 nitrogen and oxygen atoms in total. The number of benzene rings is 1. The molecule has 0 saturated carbocycles. The van der Waals surface area contributed by atoms with Gasteiger partial charge in [-0.15, -0.1) is 0 Å². The molecule has 2 aromatic rings. The minimum absolute atomic E-state index is 0.190. The average molecular weight is 345 g/mol. The topological polar surface area (TPSA) is 56.9 Å². The molecule has 134 valence electrons. The molecule has 1 aliphatic heterocycles. The van der Waals surface area contributed by atoms with Gasteiger partial charge in [0.2, 0.25) is 0 Å². The zero-order chi connectivity index (χ0) is 17.5. The van der Waals surface area contributed by atoms with Crippen LogP contribution in [0.3, 0.4) is 0 Å². The Bertz CT molecular complexity index is 681. The number of piperazine rings is 1. The van der Waals surface area contributed by atoms with Crippen molar-refractivity contribution in [3.8, 4) is 0 Å². The Kier molecular flexibility index (Phi) is 6.00. The van der Waals surface area contributed by atoms with Crippen LogP contribution >= 0.6 is 0 Å². The highest BCUT2D eigenvalue weighted by Crippen LogP contribution is 2.08. The predicted octanol–water partition coefficient (Wildman–Crippen LogP) is 1.75. The molecule has 2 heterocycles. The van der Waals surface area contributed by atoms with Crippen molar-refractivity contribution in [1.82, 2.24) is 20.3 Å². The Morgan fingerprint density at radius 1 is 1.28 bits per heavy atom. The maximum atomic E-state index is 13.2. The summed E-state index contributed by atoms with van der Waals surface area (Å²) < 4.78 is 18.1. The highest BCUT2D eigenvalue weighted by Gasteiger charge is 2.20. The third-order valence-electron chi connectivity index (χ3n) is 4.35. The maximum absolute atomic E-state index is 13.2. The first-order valence-corrected chi connectivity index (χ1v) is 8.56. The number of rotatable bonds is 5. The summed E-state index contributed by atoms with van der Waals surface area (Å²) in [7, 11) is 1.80. The Morgan fingerprint density at radius 3 is 2.80 bits per heavy atom. The van der Waals surface area contributed by atoms with Crippen LogP contribution in [-0.4, -0.2) is 60.7 Å². The van der Waals surface area contributed by atoms with Crippen molar-refractivity contribution in [3.63, 3.8) is 0 Å². The van der Waals surface area contributed by atoms with Gasteiger partial charge in [-0.1, -0.05) is 17.3 Å². The normalized spacial score (nSPS) is 16.2. The largest absolute Gasteiger partial charge is 0.364 e. The van der Waals surface area contributed by atoms with E-state index in [4.69, 9.17) is 4.52 Å². The third kappa shape index (κ3) is 5.03. The van der Waals surface area contributed by atoms with Crippen LogP contribution < -0.4 is 5.32 Å². The number of hydrogen-bond acceptors (Lipinski definition) is 4. The molecule has 1 aromatic heterocycles. The molecular weight excluding hydrogens is 321 g/mol. The molecule has 3 rings (SSSR count). The average Bonchev–Trinajstić information content (AvgIpc) is 3.13. The van der Waals surface area contributed by atoms with E-state index in [-0.39, 0.29) is 5.82 Å². The Morgan fingerprint density at radius 2 is 2.12 bits per heavy atom. The van der Waals surface area contributed by atoms with E-state index in [1.807, 2.05) is 12.1 Å². The molecule has 1 fully saturated rings. The molecule has 25 heavy (non-hydrogen) atoms. The van der Waals surface area contributed by atoms with Gasteiger partial charge in [0.1, 0.15) is 12.1 Å². The first kappa shape index (κ1) is 17.4. The van der Waals surface area contributed by atoms with Crippen LogP contribution in [0.15, 0.2) is 46.1 Å². The maximum Gasteiger partial charge on any atom is 0.193 e. The van der Waals surface area contributed by atoms with Gasteiger partial charge in [0.25, 0.3) is 0 Å². The van der Waals surface area contributed by atoms with E-state index < -0.39 is 0 Å². The quantitative estimate of drug-likeness (QED) is 0.661. The summed E-state index contributed by atoms with van der Waals surface area (Å²) in [6.07, 6.45) is 2.37. The molecule has 0 amide bonds. The van der Waals surface area contributed by atoms with Crippen LogP contribution in [0.2, 0.25) is 0 Å². The monoisotopic (exact) mass is 345 g/mol. The van der Waals surface area contributed by atoms with Crippen molar-refractivity contribution in [2.24, 2.45) is 4.99 Å². The summed E-state index contributed by atoms with van der Waals surface area (Å²) in [5.74, 6) is 0.711. The molecule has 0 bridgehead atoms. The number of guanidine groups is 1. The number of hydrogen-bond donors (Lipinski definition) is 1. The van der Waals surface area contributed by atoms with Crippen molar-refractivity contribution < 1.29 is 8.91 Å². The lowest BCUT2D eigenvalue weighted by atomic mass is 10.1. The van der Waals surface area contributed by atoms with Crippen LogP contribution in [-0.2, 0) is 13.0 Å². The third-order valence-corrected chi connectivity index (χ3v) is 4.35. The Hall–Kier alpha value is -2.41. The van der Waals surface area contributed by atoms with E-state index in [0.717, 1.165) is 62.9 Å². The lowest BCUT2D eigenvalue weighted by Gasteiger charge is -2.36. The van der Waals surface area contributed by atoms with Crippen molar-refractivity contribution in [2.45, 2.75) is 13.0 Å². The van der Waals surface area contributed by atoms with Crippen molar-refractivity contribution >= 4 is 5.96 Å². The van der Waals surface area contributed by atoms with Gasteiger partial charge in [-0.2, -0.15) is 0 Å². The van der Waals surface area contributed by atoms with Gasteiger partial charge in [-0.25, -0.2) is 4.39 Å². The summed E-state index contributed by atoms with van der Waals surface area (Å²) in [5, 5.41) is 7.34. The number of aromatic nitrogens is 1. The molecule has 0 atom stereocenters. The molecule has 1 aliphatic rings. The second-order valence-electron chi connectivity index (χ2n) is 6.11. The highest BCUT2D eigenvalue weighted by molar-refractivity contribution is 5.80. The van der Waals surface area contributed by atoms with Crippen LogP contribution in [0.25, 0.3) is 0 Å². The van der Waals surface area contributed by atoms with Crippen LogP contribution in [0.1, 0.15) is 11.3 Å². The van der Waals surface area contributed by atoms with Gasteiger partial charge >= 0.3 is 0 Å². The molecule has 0 spiro atoms. The van der Waals surface area contributed by atoms with E-state index in [1.165, 1.54) is 6.07 Å². The van der Waals surface area contributed by atoms with Gasteiger partial charge < -0.3 is 14.7 Å². The second kappa shape index (κ2) is 8.62. The zero-order valence-electron chi connectivity index (χ0n) is 14.5. The summed E-state index contributed by atoms with van der Waals surface area (Å²) in [5.41, 5.74) is 1.95. The van der Waals surface area contributed by atoms with Crippen molar-refractivity contribution in [1.29, 1.82) is 0 Å². The summed E-state index contributed by atoms with van der Waals surface area (Å²) in [4.78, 5) is 8.98. The Labute approximate surface area is 147 Å². The number of nitrogens with zero attached hydrogens (tertiary/aromatic N) is 4. The number of halogens is 1. The SMILES string of the molecule is CN=C(NCCc1cccc(F)c1)N1CCN(Cc2ccon2)CC1. The van der Waals surface area contributed by atoms with Crippen molar-refractivity contribution in [3.05, 3.63) is 53.7 Å². The van der Waals surface area contributed by atoms with E-state index in [9.17, 15) is 4.39 Å². The summed E-state index contributed by atoms with van der Waals surface area (Å²) in [6, 6.07) is 8.63. The van der Waals surface area contributed by atoms with Crippen LogP contribution in [0.4, 0.5) is 4.39 Å². The molecular formula is C18H24FN5O. The molecule has 0 radical (unpaired) electrons. The smallest absolute Gasteiger partial charge is 0.193 e. The van der Waals surface area contributed by atoms with Gasteiger partial charge in [-0.05, 0) is 24.1 Å². The minimum atomic E-state index is -0.190. The second-order valence-corrected chi connectivity index (χ2v) is 6.11. The zero-order valence-corrected chi connectivity index (χ0v) is 14.5. The molecule has 1 aromatic carbocycles. The molecule has 1 saturated heterocycles. The number of aliphatic imine (C=N–C) groups is 1. The molecule has 0 aliphatic carbocycles. The van der Waals surface area contributed by atoms with E-state index >= 15 is 0 Å². The first-order valence-electron chi connectivity index (χ1n) is 8.56. The van der Waals surface area contributed by atoms with E-state index in [0.29, 0.717) is 0 Å². The summed E-state index contributed by atoms with van der Waals surface area (Å²) in [6.45, 7) is 5.29. The van der Waals surface area contributed by atoms with Gasteiger partial charge in [0.05, 0.1) is 5.69 Å². The van der Waals surface area contributed by atoms with Gasteiger partial charge in [0.15, 0.2) is 5.96 Å². The number of nitrogens with one attached hydrogen (secondary N) is 1. The predicted molar refractivity (Wildman–Crippen MR) is 94.8 cm³/mol. The van der Waals surface area contributed by atoms with Crippen molar-refractivity contribution in [2.75, 3.05) is 39.8 Å². The fourth-order valence-electron chi connectivity index (χ4n) is 3.01. The standard InChI is InChI=1S/C18H24FN5O/c1-20-18(21-7-5-15-3-2-4-16(19)13-15)24-10-8-23(9-11-24)14-17-6-12-25-22-17/h2-4,6,12-13H,5,7-11,14H2,1H3,(H,20,21). The molecule has 0 unspecified atom stereocenters. The van der Waals surface area contributed by atoms with Gasteiger partial charge in [-0.3, -0.25) is 9.89 Å². The fraction of sp³-hybridized carbons (Fsp3) is 0.444. The first-order chi connectivity index (χ1) is 12.2. The van der Waals surface area contributed by atoms with Crippen LogP contribution in [0.5, 0.6) is 0 Å². The lowest BCUT2D eigenvalue weighted by molar-refractivity contribution is 0.169. The minimum Gasteiger partial charge on any atom is -0.364 e. The Balaban J connectivity index is 1.43.